The Labute approximate surface area is 210 Å². The molecule has 2 aromatic carbocycles. The third-order valence-electron chi connectivity index (χ3n) is 6.74. The van der Waals surface area contributed by atoms with Crippen LogP contribution in [0.4, 0.5) is 0 Å². The zero-order valence-corrected chi connectivity index (χ0v) is 22.0. The lowest BCUT2D eigenvalue weighted by molar-refractivity contribution is 0.0303. The van der Waals surface area contributed by atoms with Gasteiger partial charge in [0.25, 0.3) is 11.8 Å². The van der Waals surface area contributed by atoms with Crippen molar-refractivity contribution in [3.05, 3.63) is 70.8 Å². The van der Waals surface area contributed by atoms with Crippen molar-refractivity contribution in [3.8, 4) is 0 Å². The van der Waals surface area contributed by atoms with Crippen LogP contribution in [0.15, 0.2) is 48.5 Å². The summed E-state index contributed by atoms with van der Waals surface area (Å²) in [4.78, 5) is 30.5. The summed E-state index contributed by atoms with van der Waals surface area (Å²) < 4.78 is 5.24. The molecule has 190 valence electrons. The molecule has 6 heteroatoms. The molecular formula is C29H41N3O3. The van der Waals surface area contributed by atoms with Gasteiger partial charge in [-0.05, 0) is 54.3 Å². The predicted molar refractivity (Wildman–Crippen MR) is 141 cm³/mol. The van der Waals surface area contributed by atoms with Crippen molar-refractivity contribution in [2.45, 2.75) is 39.5 Å². The number of piperazine rings is 1. The topological polar surface area (TPSA) is 53.1 Å². The SMILES string of the molecule is CC(C)c1ccc(C(=O)N2CCN(C)CC2)cc1.CC(C)c1ccc(C(=O)N2CCOCC2)cc1. The van der Waals surface area contributed by atoms with Crippen LogP contribution in [0.5, 0.6) is 0 Å². The van der Waals surface area contributed by atoms with E-state index in [1.54, 1.807) is 0 Å². The van der Waals surface area contributed by atoms with Crippen LogP contribution in [0.2, 0.25) is 0 Å². The molecule has 2 heterocycles. The Hall–Kier alpha value is -2.70. The fraction of sp³-hybridized carbons (Fsp3) is 0.517. The summed E-state index contributed by atoms with van der Waals surface area (Å²) in [6.07, 6.45) is 0. The molecule has 4 rings (SSSR count). The van der Waals surface area contributed by atoms with E-state index >= 15 is 0 Å². The van der Waals surface area contributed by atoms with Gasteiger partial charge in [-0.15, -0.1) is 0 Å². The number of hydrogen-bond acceptors (Lipinski definition) is 4. The lowest BCUT2D eigenvalue weighted by atomic mass is 10.0. The van der Waals surface area contributed by atoms with E-state index in [0.29, 0.717) is 38.1 Å². The third-order valence-corrected chi connectivity index (χ3v) is 6.74. The van der Waals surface area contributed by atoms with E-state index in [1.807, 2.05) is 46.2 Å². The first-order chi connectivity index (χ1) is 16.8. The minimum Gasteiger partial charge on any atom is -0.378 e. The minimum absolute atomic E-state index is 0.114. The van der Waals surface area contributed by atoms with Crippen LogP contribution in [0.3, 0.4) is 0 Å². The van der Waals surface area contributed by atoms with E-state index in [1.165, 1.54) is 11.1 Å². The van der Waals surface area contributed by atoms with Crippen LogP contribution in [0.1, 0.15) is 71.4 Å². The summed E-state index contributed by atoms with van der Waals surface area (Å²) in [5.41, 5.74) is 4.13. The Morgan fingerprint density at radius 3 is 1.37 bits per heavy atom. The average molecular weight is 480 g/mol. The fourth-order valence-electron chi connectivity index (χ4n) is 4.16. The molecule has 2 aliphatic heterocycles. The third kappa shape index (κ3) is 7.64. The van der Waals surface area contributed by atoms with Crippen molar-refractivity contribution in [2.75, 3.05) is 59.5 Å². The maximum atomic E-state index is 12.3. The number of carbonyl (C=O) groups is 2. The average Bonchev–Trinajstić information content (AvgIpc) is 2.89. The molecule has 0 atom stereocenters. The van der Waals surface area contributed by atoms with Gasteiger partial charge in [0.15, 0.2) is 0 Å². The fourth-order valence-corrected chi connectivity index (χ4v) is 4.16. The number of ether oxygens (including phenoxy) is 1. The zero-order chi connectivity index (χ0) is 25.4. The van der Waals surface area contributed by atoms with Crippen LogP contribution in [0, 0.1) is 0 Å². The molecular weight excluding hydrogens is 438 g/mol. The molecule has 2 amide bonds. The van der Waals surface area contributed by atoms with Crippen molar-refractivity contribution in [2.24, 2.45) is 0 Å². The van der Waals surface area contributed by atoms with Gasteiger partial charge in [-0.25, -0.2) is 0 Å². The van der Waals surface area contributed by atoms with E-state index < -0.39 is 0 Å². The van der Waals surface area contributed by atoms with Gasteiger partial charge in [0.2, 0.25) is 0 Å². The second-order valence-corrected chi connectivity index (χ2v) is 10.1. The summed E-state index contributed by atoms with van der Waals surface area (Å²) in [5, 5.41) is 0. The molecule has 0 unspecified atom stereocenters. The Morgan fingerprint density at radius 1 is 0.629 bits per heavy atom. The van der Waals surface area contributed by atoms with E-state index in [9.17, 15) is 9.59 Å². The summed E-state index contributed by atoms with van der Waals surface area (Å²) >= 11 is 0. The number of rotatable bonds is 4. The van der Waals surface area contributed by atoms with E-state index in [-0.39, 0.29) is 11.8 Å². The van der Waals surface area contributed by atoms with Crippen molar-refractivity contribution in [1.29, 1.82) is 0 Å². The number of nitrogens with zero attached hydrogens (tertiary/aromatic N) is 3. The highest BCUT2D eigenvalue weighted by atomic mass is 16.5. The monoisotopic (exact) mass is 479 g/mol. The van der Waals surface area contributed by atoms with Crippen molar-refractivity contribution in [3.63, 3.8) is 0 Å². The molecule has 35 heavy (non-hydrogen) atoms. The Morgan fingerprint density at radius 2 is 1.00 bits per heavy atom. The van der Waals surface area contributed by atoms with E-state index in [0.717, 1.165) is 37.3 Å². The molecule has 2 aliphatic rings. The second-order valence-electron chi connectivity index (χ2n) is 10.1. The molecule has 0 radical (unpaired) electrons. The standard InChI is InChI=1S/C15H22N2O.C14H19NO2/c1-12(2)13-4-6-14(7-5-13)15(18)17-10-8-16(3)9-11-17;1-11(2)12-3-5-13(6-4-12)14(16)15-7-9-17-10-8-15/h4-7,12H,8-11H2,1-3H3;3-6,11H,7-10H2,1-2H3. The van der Waals surface area contributed by atoms with Crippen LogP contribution < -0.4 is 0 Å². The first-order valence-electron chi connectivity index (χ1n) is 12.8. The molecule has 0 aliphatic carbocycles. The van der Waals surface area contributed by atoms with Crippen LogP contribution in [-0.4, -0.2) is 86.0 Å². The van der Waals surface area contributed by atoms with Gasteiger partial charge in [0.05, 0.1) is 13.2 Å². The van der Waals surface area contributed by atoms with E-state index in [2.05, 4.69) is 51.8 Å². The summed E-state index contributed by atoms with van der Waals surface area (Å²) in [6.45, 7) is 14.9. The van der Waals surface area contributed by atoms with Gasteiger partial charge >= 0.3 is 0 Å². The Bertz CT molecular complexity index is 940. The molecule has 0 saturated carbocycles. The van der Waals surface area contributed by atoms with Gasteiger partial charge in [-0.1, -0.05) is 52.0 Å². The molecule has 2 saturated heterocycles. The lowest BCUT2D eigenvalue weighted by Crippen LogP contribution is -2.47. The number of amides is 2. The number of likely N-dealkylation sites (N-methyl/N-ethyl adjacent to an activating group) is 1. The molecule has 0 bridgehead atoms. The maximum absolute atomic E-state index is 12.3. The number of morpholine rings is 1. The molecule has 0 spiro atoms. The van der Waals surface area contributed by atoms with Crippen LogP contribution in [-0.2, 0) is 4.74 Å². The van der Waals surface area contributed by atoms with E-state index in [4.69, 9.17) is 4.74 Å². The normalized spacial score (nSPS) is 16.8. The zero-order valence-electron chi connectivity index (χ0n) is 22.0. The van der Waals surface area contributed by atoms with Gasteiger partial charge in [0, 0.05) is 50.4 Å². The summed E-state index contributed by atoms with van der Waals surface area (Å²) in [7, 11) is 2.10. The highest BCUT2D eigenvalue weighted by Gasteiger charge is 2.20. The van der Waals surface area contributed by atoms with Gasteiger partial charge < -0.3 is 19.4 Å². The highest BCUT2D eigenvalue weighted by molar-refractivity contribution is 5.94. The second kappa shape index (κ2) is 12.8. The number of benzene rings is 2. The van der Waals surface area contributed by atoms with Crippen molar-refractivity contribution >= 4 is 11.8 Å². The molecule has 0 N–H and O–H groups in total. The predicted octanol–water partition coefficient (Wildman–Crippen LogP) is 4.48. The quantitative estimate of drug-likeness (QED) is 0.649. The summed E-state index contributed by atoms with van der Waals surface area (Å²) in [6, 6.07) is 16.0. The van der Waals surface area contributed by atoms with Crippen LogP contribution in [0.25, 0.3) is 0 Å². The molecule has 0 aromatic heterocycles. The molecule has 2 fully saturated rings. The van der Waals surface area contributed by atoms with Gasteiger partial charge in [-0.3, -0.25) is 9.59 Å². The maximum Gasteiger partial charge on any atom is 0.254 e. The molecule has 2 aromatic rings. The number of carbonyl (C=O) groups excluding carboxylic acids is 2. The molecule has 6 nitrogen and oxygen atoms in total. The Kier molecular flexibility index (Phi) is 9.87. The highest BCUT2D eigenvalue weighted by Crippen LogP contribution is 2.17. The van der Waals surface area contributed by atoms with Crippen LogP contribution >= 0.6 is 0 Å². The van der Waals surface area contributed by atoms with Gasteiger partial charge in [0.1, 0.15) is 0 Å². The summed E-state index contributed by atoms with van der Waals surface area (Å²) in [5.74, 6) is 1.29. The lowest BCUT2D eigenvalue weighted by Gasteiger charge is -2.32. The van der Waals surface area contributed by atoms with Crippen molar-refractivity contribution < 1.29 is 14.3 Å². The minimum atomic E-state index is 0.114. The first-order valence-corrected chi connectivity index (χ1v) is 12.8. The Balaban J connectivity index is 0.000000196. The smallest absolute Gasteiger partial charge is 0.254 e. The van der Waals surface area contributed by atoms with Gasteiger partial charge in [-0.2, -0.15) is 0 Å². The largest absolute Gasteiger partial charge is 0.378 e. The van der Waals surface area contributed by atoms with Crippen molar-refractivity contribution in [1.82, 2.24) is 14.7 Å². The first kappa shape index (κ1) is 26.9. The number of hydrogen-bond donors (Lipinski definition) is 0.